The molecule has 0 radical (unpaired) electrons. The lowest BCUT2D eigenvalue weighted by Crippen LogP contribution is -2.50. The van der Waals surface area contributed by atoms with Crippen LogP contribution < -0.4 is 14.9 Å². The van der Waals surface area contributed by atoms with E-state index in [1.807, 2.05) is 0 Å². The van der Waals surface area contributed by atoms with Gasteiger partial charge in [-0.2, -0.15) is 0 Å². The molecular weight excluding hydrogens is 521 g/mol. The molecule has 0 saturated heterocycles. The van der Waals surface area contributed by atoms with E-state index in [9.17, 15) is 32.7 Å². The molecule has 11 nitrogen and oxygen atoms in total. The Balaban J connectivity index is 1.61. The Morgan fingerprint density at radius 2 is 1.95 bits per heavy atom. The summed E-state index contributed by atoms with van der Waals surface area (Å²) in [5.41, 5.74) is -3.13. The van der Waals surface area contributed by atoms with Gasteiger partial charge in [-0.15, -0.1) is 0 Å². The van der Waals surface area contributed by atoms with Crippen LogP contribution in [0.2, 0.25) is 0 Å². The molecule has 0 bridgehead atoms. The molecule has 1 fully saturated rings. The number of pyridine rings is 1. The molecule has 1 aromatic heterocycles. The number of halogens is 3. The predicted molar refractivity (Wildman–Crippen MR) is 123 cm³/mol. The maximum Gasteiger partial charge on any atom is 0.281 e. The maximum absolute atomic E-state index is 14.5. The van der Waals surface area contributed by atoms with E-state index < -0.39 is 75.8 Å². The van der Waals surface area contributed by atoms with Crippen LogP contribution in [0.4, 0.5) is 13.2 Å². The van der Waals surface area contributed by atoms with Crippen LogP contribution >= 0.6 is 12.3 Å². The van der Waals surface area contributed by atoms with Crippen molar-refractivity contribution in [2.45, 2.75) is 51.1 Å². The van der Waals surface area contributed by atoms with Gasteiger partial charge in [-0.25, -0.2) is 13.2 Å². The third kappa shape index (κ3) is 5.01. The summed E-state index contributed by atoms with van der Waals surface area (Å²) in [7, 11) is 0. The number of aromatic hydroxyl groups is 1. The number of fused-ring (bicyclic) bond motifs is 1. The van der Waals surface area contributed by atoms with Crippen LogP contribution in [0.5, 0.6) is 11.5 Å². The summed E-state index contributed by atoms with van der Waals surface area (Å²) in [6.45, 7) is -0.957. The fourth-order valence-corrected chi connectivity index (χ4v) is 4.56. The molecular formula is C22H21F3N4O7S. The summed E-state index contributed by atoms with van der Waals surface area (Å²) in [5, 5.41) is 20.1. The number of aromatic nitrogens is 1. The molecule has 1 saturated carbocycles. The summed E-state index contributed by atoms with van der Waals surface area (Å²) in [4.78, 5) is 39.3. The van der Waals surface area contributed by atoms with Crippen LogP contribution in [0, 0.1) is 22.9 Å². The smallest absolute Gasteiger partial charge is 0.281 e. The summed E-state index contributed by atoms with van der Waals surface area (Å²) in [6, 6.07) is 0.293. The number of nitrogens with zero attached hydrogens (tertiary/aromatic N) is 2. The van der Waals surface area contributed by atoms with Crippen LogP contribution in [-0.4, -0.2) is 49.6 Å². The lowest BCUT2D eigenvalue weighted by molar-refractivity contribution is -0.0736. The second kappa shape index (κ2) is 10.8. The molecule has 4 rings (SSSR count). The normalized spacial score (nSPS) is 17.6. The fraction of sp³-hybridized carbons (Fsp3) is 0.364. The van der Waals surface area contributed by atoms with E-state index in [2.05, 4.69) is 9.50 Å². The topological polar surface area (TPSA) is 154 Å². The number of rotatable bonds is 8. The van der Waals surface area contributed by atoms with Crippen molar-refractivity contribution in [1.29, 1.82) is 5.41 Å². The number of carbonyl (C=O) groups is 2. The first kappa shape index (κ1) is 26.5. The van der Waals surface area contributed by atoms with Crippen LogP contribution in [0.3, 0.4) is 0 Å². The van der Waals surface area contributed by atoms with Crippen LogP contribution in [0.25, 0.3) is 0 Å². The van der Waals surface area contributed by atoms with E-state index in [1.54, 1.807) is 0 Å². The van der Waals surface area contributed by atoms with E-state index in [0.29, 0.717) is 6.07 Å². The standard InChI is InChI=1S/C22H21F3N4O7S/c23-13-5-14(24)20(36-37-34)16(25)11(13)6-27-21(32)12-7-28-8-15(35-10-3-1-2-4-10)29(9-26)22(33)17(28)19(31)18(12)30/h5,7,9-10,15,26,31,34H,1-4,6,8H2,(H,27,32)/t15-/m1/s1. The van der Waals surface area contributed by atoms with Crippen molar-refractivity contribution in [2.24, 2.45) is 0 Å². The van der Waals surface area contributed by atoms with Crippen molar-refractivity contribution in [3.8, 4) is 11.5 Å². The zero-order valence-electron chi connectivity index (χ0n) is 19.0. The Labute approximate surface area is 211 Å². The minimum atomic E-state index is -1.52. The summed E-state index contributed by atoms with van der Waals surface area (Å²) < 4.78 is 62.4. The Hall–Kier alpha value is -3.56. The van der Waals surface area contributed by atoms with Crippen molar-refractivity contribution in [1.82, 2.24) is 14.8 Å². The molecule has 0 spiro atoms. The minimum absolute atomic E-state index is 0.109. The van der Waals surface area contributed by atoms with Crippen LogP contribution in [-0.2, 0) is 17.8 Å². The number of amides is 2. The Morgan fingerprint density at radius 3 is 2.59 bits per heavy atom. The zero-order chi connectivity index (χ0) is 26.9. The Kier molecular flexibility index (Phi) is 7.75. The van der Waals surface area contributed by atoms with Crippen molar-refractivity contribution in [2.75, 3.05) is 0 Å². The molecule has 1 aliphatic carbocycles. The number of hydrogen-bond donors (Lipinski definition) is 4. The lowest BCUT2D eigenvalue weighted by Gasteiger charge is -2.36. The molecule has 198 valence electrons. The highest BCUT2D eigenvalue weighted by Gasteiger charge is 2.37. The van der Waals surface area contributed by atoms with E-state index in [1.165, 1.54) is 0 Å². The van der Waals surface area contributed by atoms with Gasteiger partial charge >= 0.3 is 0 Å². The van der Waals surface area contributed by atoms with Gasteiger partial charge in [0.25, 0.3) is 11.8 Å². The molecule has 2 aromatic rings. The van der Waals surface area contributed by atoms with Crippen molar-refractivity contribution in [3.05, 3.63) is 56.8 Å². The molecule has 2 aliphatic rings. The minimum Gasteiger partial charge on any atom is -0.503 e. The van der Waals surface area contributed by atoms with Crippen molar-refractivity contribution >= 4 is 30.5 Å². The largest absolute Gasteiger partial charge is 0.503 e. The SMILES string of the molecule is N=CN1C(=O)c2c(O)c(=O)c(C(=O)NCc3c(F)cc(F)c(OSO)c3F)cn2C[C@H]1OC1CCCC1. The summed E-state index contributed by atoms with van der Waals surface area (Å²) >= 11 is -0.370. The second-order valence-electron chi connectivity index (χ2n) is 8.36. The fourth-order valence-electron chi connectivity index (χ4n) is 4.34. The Bertz CT molecular complexity index is 1320. The average molecular weight is 542 g/mol. The molecule has 1 atom stereocenters. The summed E-state index contributed by atoms with van der Waals surface area (Å²) in [5.74, 6) is -8.47. The number of hydrogen-bond acceptors (Lipinski definition) is 9. The number of ether oxygens (including phenoxy) is 1. The molecule has 0 unspecified atom stereocenters. The van der Waals surface area contributed by atoms with E-state index in [-0.39, 0.29) is 25.0 Å². The van der Waals surface area contributed by atoms with Gasteiger partial charge in [0.05, 0.1) is 19.0 Å². The monoisotopic (exact) mass is 542 g/mol. The van der Waals surface area contributed by atoms with Crippen molar-refractivity contribution in [3.63, 3.8) is 0 Å². The molecule has 1 aromatic carbocycles. The maximum atomic E-state index is 14.5. The second-order valence-corrected chi connectivity index (χ2v) is 8.68. The predicted octanol–water partition coefficient (Wildman–Crippen LogP) is 2.75. The lowest BCUT2D eigenvalue weighted by atomic mass is 10.1. The molecule has 2 amide bonds. The first-order chi connectivity index (χ1) is 17.7. The molecule has 37 heavy (non-hydrogen) atoms. The van der Waals surface area contributed by atoms with Gasteiger partial charge in [-0.1, -0.05) is 12.8 Å². The molecule has 15 heteroatoms. The quantitative estimate of drug-likeness (QED) is 0.226. The first-order valence-corrected chi connectivity index (χ1v) is 11.8. The number of carbonyl (C=O) groups excluding carboxylic acids is 2. The van der Waals surface area contributed by atoms with Gasteiger partial charge in [0, 0.05) is 24.4 Å². The molecule has 1 aliphatic heterocycles. The summed E-state index contributed by atoms with van der Waals surface area (Å²) in [6.07, 6.45) is 4.11. The van der Waals surface area contributed by atoms with Gasteiger partial charge in [-0.05, 0) is 12.8 Å². The van der Waals surface area contributed by atoms with Gasteiger partial charge in [-0.3, -0.25) is 29.2 Å². The molecule has 4 N–H and O–H groups in total. The van der Waals surface area contributed by atoms with Gasteiger partial charge in [0.2, 0.25) is 23.5 Å². The third-order valence-corrected chi connectivity index (χ3v) is 6.40. The van der Waals surface area contributed by atoms with E-state index in [0.717, 1.165) is 47.7 Å². The molecule has 2 heterocycles. The Morgan fingerprint density at radius 1 is 1.24 bits per heavy atom. The van der Waals surface area contributed by atoms with Gasteiger partial charge in [0.15, 0.2) is 29.3 Å². The van der Waals surface area contributed by atoms with Crippen LogP contribution in [0.15, 0.2) is 17.1 Å². The highest BCUT2D eigenvalue weighted by molar-refractivity contribution is 7.89. The van der Waals surface area contributed by atoms with Crippen molar-refractivity contribution < 1.29 is 41.3 Å². The van der Waals surface area contributed by atoms with E-state index >= 15 is 0 Å². The zero-order valence-corrected chi connectivity index (χ0v) is 19.8. The third-order valence-electron chi connectivity index (χ3n) is 6.16. The first-order valence-electron chi connectivity index (χ1n) is 11.1. The van der Waals surface area contributed by atoms with Gasteiger partial charge in [0.1, 0.15) is 11.4 Å². The van der Waals surface area contributed by atoms with Crippen LogP contribution in [0.1, 0.15) is 52.1 Å². The highest BCUT2D eigenvalue weighted by Crippen LogP contribution is 2.30. The number of benzene rings is 1. The highest BCUT2D eigenvalue weighted by atomic mass is 32.2. The number of nitrogens with one attached hydrogen (secondary N) is 2. The van der Waals surface area contributed by atoms with E-state index in [4.69, 9.17) is 14.7 Å². The average Bonchev–Trinajstić information content (AvgIpc) is 3.36. The van der Waals surface area contributed by atoms with Gasteiger partial charge < -0.3 is 23.9 Å².